The van der Waals surface area contributed by atoms with Crippen LogP contribution in [0.5, 0.6) is 5.75 Å². The number of aromatic nitrogens is 3. The average molecular weight is 411 g/mol. The van der Waals surface area contributed by atoms with Gasteiger partial charge in [-0.2, -0.15) is 13.2 Å². The van der Waals surface area contributed by atoms with E-state index in [2.05, 4.69) is 15.6 Å². The molecule has 0 unspecified atom stereocenters. The number of hydrogen-bond donors (Lipinski definition) is 1. The van der Waals surface area contributed by atoms with Gasteiger partial charge >= 0.3 is 6.18 Å². The average Bonchev–Trinajstić information content (AvgIpc) is 3.03. The van der Waals surface area contributed by atoms with Gasteiger partial charge in [0.2, 0.25) is 0 Å². The molecule has 0 aliphatic rings. The number of anilines is 1. The predicted octanol–water partition coefficient (Wildman–Crippen LogP) is 4.51. The number of rotatable bonds is 4. The van der Waals surface area contributed by atoms with Gasteiger partial charge in [-0.05, 0) is 43.3 Å². The minimum Gasteiger partial charge on any atom is -0.495 e. The predicted molar refractivity (Wildman–Crippen MR) is 97.1 cm³/mol. The molecule has 2 aromatic carbocycles. The molecule has 1 amide bonds. The third kappa shape index (κ3) is 3.94. The van der Waals surface area contributed by atoms with Crippen LogP contribution in [0.15, 0.2) is 42.5 Å². The molecule has 1 heterocycles. The van der Waals surface area contributed by atoms with Gasteiger partial charge in [0.25, 0.3) is 5.91 Å². The van der Waals surface area contributed by atoms with E-state index in [1.165, 1.54) is 36.9 Å². The van der Waals surface area contributed by atoms with Crippen LogP contribution in [0.1, 0.15) is 21.7 Å². The van der Waals surface area contributed by atoms with E-state index >= 15 is 0 Å². The van der Waals surface area contributed by atoms with Crippen LogP contribution in [0.2, 0.25) is 5.02 Å². The quantitative estimate of drug-likeness (QED) is 0.687. The molecule has 0 aliphatic carbocycles. The van der Waals surface area contributed by atoms with E-state index in [1.54, 1.807) is 12.1 Å². The largest absolute Gasteiger partial charge is 0.495 e. The van der Waals surface area contributed by atoms with Crippen LogP contribution < -0.4 is 10.1 Å². The van der Waals surface area contributed by atoms with Crippen LogP contribution in [-0.2, 0) is 6.18 Å². The van der Waals surface area contributed by atoms with Crippen LogP contribution in [-0.4, -0.2) is 28.0 Å². The molecule has 0 atom stereocenters. The summed E-state index contributed by atoms with van der Waals surface area (Å²) in [4.78, 5) is 12.6. The lowest BCUT2D eigenvalue weighted by atomic mass is 10.2. The van der Waals surface area contributed by atoms with Gasteiger partial charge in [0.05, 0.1) is 29.7 Å². The maximum absolute atomic E-state index is 12.9. The Balaban J connectivity index is 1.92. The zero-order valence-corrected chi connectivity index (χ0v) is 15.5. The molecule has 0 radical (unpaired) electrons. The molecule has 3 rings (SSSR count). The highest BCUT2D eigenvalue weighted by Gasteiger charge is 2.31. The number of methoxy groups -OCH3 is 1. The van der Waals surface area contributed by atoms with Crippen LogP contribution in [0.3, 0.4) is 0 Å². The Labute approximate surface area is 162 Å². The molecule has 146 valence electrons. The first-order valence-electron chi connectivity index (χ1n) is 7.95. The van der Waals surface area contributed by atoms with Gasteiger partial charge in [0.1, 0.15) is 5.75 Å². The van der Waals surface area contributed by atoms with Crippen molar-refractivity contribution in [1.29, 1.82) is 0 Å². The van der Waals surface area contributed by atoms with Crippen molar-refractivity contribution in [2.24, 2.45) is 0 Å². The molecule has 6 nitrogen and oxygen atoms in total. The molecule has 1 aromatic heterocycles. The second-order valence-electron chi connectivity index (χ2n) is 5.78. The maximum atomic E-state index is 12.9. The fourth-order valence-electron chi connectivity index (χ4n) is 2.56. The number of carbonyl (C=O) groups excluding carboxylic acids is 1. The Hall–Kier alpha value is -3.07. The highest BCUT2D eigenvalue weighted by molar-refractivity contribution is 6.31. The molecule has 3 aromatic rings. The Morgan fingerprint density at radius 2 is 1.96 bits per heavy atom. The number of hydrogen-bond acceptors (Lipinski definition) is 4. The molecular formula is C18H14ClF3N4O2. The maximum Gasteiger partial charge on any atom is 0.416 e. The summed E-state index contributed by atoms with van der Waals surface area (Å²) in [7, 11) is 1.44. The molecule has 10 heteroatoms. The van der Waals surface area contributed by atoms with Gasteiger partial charge in [0.15, 0.2) is 5.69 Å². The number of halogens is 4. The minimum atomic E-state index is -4.49. The summed E-state index contributed by atoms with van der Waals surface area (Å²) in [5.41, 5.74) is -0.126. The third-order valence-electron chi connectivity index (χ3n) is 3.94. The first-order chi connectivity index (χ1) is 13.2. The first kappa shape index (κ1) is 19.7. The standard InChI is InChI=1S/C18H14ClF3N4O2/c1-10-16(17(27)23-14-9-12(19)6-7-15(14)28-2)24-25-26(10)13-5-3-4-11(8-13)18(20,21)22/h3-9H,1-2H3,(H,23,27). The molecule has 0 spiro atoms. The minimum absolute atomic E-state index is 0.0422. The number of benzene rings is 2. The molecule has 0 aliphatic heterocycles. The van der Waals surface area contributed by atoms with Crippen molar-refractivity contribution >= 4 is 23.2 Å². The number of nitrogens with zero attached hydrogens (tertiary/aromatic N) is 3. The van der Waals surface area contributed by atoms with Gasteiger partial charge in [-0.15, -0.1) is 5.10 Å². The van der Waals surface area contributed by atoms with Crippen LogP contribution in [0, 0.1) is 6.92 Å². The van der Waals surface area contributed by atoms with Gasteiger partial charge in [-0.1, -0.05) is 22.9 Å². The molecule has 0 bridgehead atoms. The zero-order valence-electron chi connectivity index (χ0n) is 14.7. The number of alkyl halides is 3. The third-order valence-corrected chi connectivity index (χ3v) is 4.17. The number of ether oxygens (including phenoxy) is 1. The molecule has 0 saturated heterocycles. The lowest BCUT2D eigenvalue weighted by Gasteiger charge is -2.10. The van der Waals surface area contributed by atoms with Gasteiger partial charge in [0, 0.05) is 5.02 Å². The smallest absolute Gasteiger partial charge is 0.416 e. The Morgan fingerprint density at radius 3 is 2.64 bits per heavy atom. The lowest BCUT2D eigenvalue weighted by molar-refractivity contribution is -0.137. The fraction of sp³-hybridized carbons (Fsp3) is 0.167. The van der Waals surface area contributed by atoms with E-state index in [-0.39, 0.29) is 17.1 Å². The van der Waals surface area contributed by atoms with E-state index in [4.69, 9.17) is 16.3 Å². The normalized spacial score (nSPS) is 11.4. The van der Waals surface area contributed by atoms with Crippen molar-refractivity contribution in [2.75, 3.05) is 12.4 Å². The molecule has 28 heavy (non-hydrogen) atoms. The van der Waals surface area contributed by atoms with E-state index in [0.717, 1.165) is 12.1 Å². The summed E-state index contributed by atoms with van der Waals surface area (Å²) in [6.07, 6.45) is -4.49. The second kappa shape index (κ2) is 7.51. The fourth-order valence-corrected chi connectivity index (χ4v) is 2.73. The van der Waals surface area contributed by atoms with E-state index in [1.807, 2.05) is 0 Å². The van der Waals surface area contributed by atoms with Gasteiger partial charge in [-0.3, -0.25) is 4.79 Å². The Morgan fingerprint density at radius 1 is 1.21 bits per heavy atom. The van der Waals surface area contributed by atoms with Crippen LogP contribution in [0.4, 0.5) is 18.9 Å². The SMILES string of the molecule is COc1ccc(Cl)cc1NC(=O)c1nnn(-c2cccc(C(F)(F)F)c2)c1C. The van der Waals surface area contributed by atoms with Crippen molar-refractivity contribution in [3.05, 3.63) is 64.4 Å². The summed E-state index contributed by atoms with van der Waals surface area (Å²) in [5, 5.41) is 10.6. The summed E-state index contributed by atoms with van der Waals surface area (Å²) in [6.45, 7) is 1.53. The van der Waals surface area contributed by atoms with Crippen molar-refractivity contribution in [3.8, 4) is 11.4 Å². The van der Waals surface area contributed by atoms with E-state index < -0.39 is 17.6 Å². The lowest BCUT2D eigenvalue weighted by Crippen LogP contribution is -2.15. The molecule has 0 fully saturated rings. The van der Waals surface area contributed by atoms with Gasteiger partial charge in [-0.25, -0.2) is 4.68 Å². The molecule has 1 N–H and O–H groups in total. The monoisotopic (exact) mass is 410 g/mol. The summed E-state index contributed by atoms with van der Waals surface area (Å²) < 4.78 is 45.1. The van der Waals surface area contributed by atoms with E-state index in [9.17, 15) is 18.0 Å². The number of carbonyl (C=O) groups is 1. The molecule has 0 saturated carbocycles. The topological polar surface area (TPSA) is 69.0 Å². The highest BCUT2D eigenvalue weighted by atomic mass is 35.5. The summed E-state index contributed by atoms with van der Waals surface area (Å²) >= 11 is 5.94. The number of amides is 1. The van der Waals surface area contributed by atoms with Crippen LogP contribution >= 0.6 is 11.6 Å². The van der Waals surface area contributed by atoms with Crippen molar-refractivity contribution in [1.82, 2.24) is 15.0 Å². The Bertz CT molecular complexity index is 1030. The Kier molecular flexibility index (Phi) is 5.28. The van der Waals surface area contributed by atoms with Crippen molar-refractivity contribution in [2.45, 2.75) is 13.1 Å². The van der Waals surface area contributed by atoms with Crippen molar-refractivity contribution < 1.29 is 22.7 Å². The van der Waals surface area contributed by atoms with Gasteiger partial charge < -0.3 is 10.1 Å². The first-order valence-corrected chi connectivity index (χ1v) is 8.33. The zero-order chi connectivity index (χ0) is 20.5. The highest BCUT2D eigenvalue weighted by Crippen LogP contribution is 2.31. The summed E-state index contributed by atoms with van der Waals surface area (Å²) in [6, 6.07) is 9.28. The summed E-state index contributed by atoms with van der Waals surface area (Å²) in [5.74, 6) is -0.211. The van der Waals surface area contributed by atoms with E-state index in [0.29, 0.717) is 16.5 Å². The number of nitrogens with one attached hydrogen (secondary N) is 1. The second-order valence-corrected chi connectivity index (χ2v) is 6.22. The van der Waals surface area contributed by atoms with Crippen LogP contribution in [0.25, 0.3) is 5.69 Å². The van der Waals surface area contributed by atoms with Crippen molar-refractivity contribution in [3.63, 3.8) is 0 Å². The molecular weight excluding hydrogens is 397 g/mol.